The Bertz CT molecular complexity index is 1370. The molecule has 0 spiro atoms. The highest BCUT2D eigenvalue weighted by molar-refractivity contribution is 7.90. The fraction of sp³-hybridized carbons (Fsp3) is 0.318. The Kier molecular flexibility index (Phi) is 6.82. The summed E-state index contributed by atoms with van der Waals surface area (Å²) in [5.74, 6) is -1.75. The summed E-state index contributed by atoms with van der Waals surface area (Å²) in [6.45, 7) is 2.21. The van der Waals surface area contributed by atoms with Gasteiger partial charge in [-0.05, 0) is 44.0 Å². The summed E-state index contributed by atoms with van der Waals surface area (Å²) in [7, 11) is -7.41. The largest absolute Gasteiger partial charge is 0.407 e. The van der Waals surface area contributed by atoms with E-state index in [-0.39, 0.29) is 28.2 Å². The maximum Gasteiger partial charge on any atom is 0.322 e. The molecule has 1 aliphatic rings. The third-order valence-corrected chi connectivity index (χ3v) is 9.02. The van der Waals surface area contributed by atoms with Crippen LogP contribution >= 0.6 is 0 Å². The first kappa shape index (κ1) is 24.0. The maximum absolute atomic E-state index is 13.0. The molecular weight excluding hydrogens is 480 g/mol. The normalized spacial score (nSPS) is 17.4. The summed E-state index contributed by atoms with van der Waals surface area (Å²) >= 11 is 0. The van der Waals surface area contributed by atoms with Gasteiger partial charge in [-0.2, -0.15) is 4.31 Å². The molecule has 0 saturated carbocycles. The lowest BCUT2D eigenvalue weighted by molar-refractivity contribution is -0.121. The second kappa shape index (κ2) is 9.65. The second-order valence-corrected chi connectivity index (χ2v) is 12.0. The molecule has 3 aromatic rings. The van der Waals surface area contributed by atoms with E-state index in [1.165, 1.54) is 16.4 Å². The summed E-state index contributed by atoms with van der Waals surface area (Å²) in [6.07, 6.45) is 1.02. The Morgan fingerprint density at radius 3 is 2.44 bits per heavy atom. The first-order valence-corrected chi connectivity index (χ1v) is 13.7. The van der Waals surface area contributed by atoms with Gasteiger partial charge in [0.1, 0.15) is 5.75 Å². The quantitative estimate of drug-likeness (QED) is 0.517. The van der Waals surface area contributed by atoms with Crippen molar-refractivity contribution in [3.8, 4) is 0 Å². The molecule has 1 aromatic heterocycles. The summed E-state index contributed by atoms with van der Waals surface area (Å²) in [5, 5.41) is 9.90. The van der Waals surface area contributed by atoms with Crippen molar-refractivity contribution < 1.29 is 26.0 Å². The summed E-state index contributed by atoms with van der Waals surface area (Å²) in [4.78, 5) is 13.1. The fourth-order valence-electron chi connectivity index (χ4n) is 3.68. The topological polar surface area (TPSA) is 140 Å². The number of sulfonamides is 1. The molecule has 2 heterocycles. The van der Waals surface area contributed by atoms with Crippen molar-refractivity contribution in [1.29, 1.82) is 0 Å². The highest BCUT2D eigenvalue weighted by atomic mass is 32.2. The second-order valence-electron chi connectivity index (χ2n) is 8.08. The van der Waals surface area contributed by atoms with Crippen LogP contribution in [0.5, 0.6) is 0 Å². The molecule has 4 rings (SSSR count). The van der Waals surface area contributed by atoms with E-state index in [0.29, 0.717) is 19.4 Å². The van der Waals surface area contributed by atoms with Gasteiger partial charge >= 0.3 is 6.01 Å². The minimum absolute atomic E-state index is 0.0193. The molecule has 1 N–H and O–H groups in total. The number of carbonyl (C=O) groups excluding carboxylic acids is 1. The number of anilines is 1. The van der Waals surface area contributed by atoms with Crippen molar-refractivity contribution in [3.63, 3.8) is 0 Å². The SMILES string of the molecule is Cc1ccc(S(=O)(=O)N2CCCC(C(=O)Nc3nnc(CS(=O)(=O)c4ccccc4)o3)C2)cc1. The predicted molar refractivity (Wildman–Crippen MR) is 123 cm³/mol. The van der Waals surface area contributed by atoms with Crippen LogP contribution in [0.3, 0.4) is 0 Å². The van der Waals surface area contributed by atoms with Crippen molar-refractivity contribution in [2.75, 3.05) is 18.4 Å². The number of nitrogens with one attached hydrogen (secondary N) is 1. The molecular formula is C22H24N4O6S2. The van der Waals surface area contributed by atoms with Gasteiger partial charge in [0, 0.05) is 13.1 Å². The summed E-state index contributed by atoms with van der Waals surface area (Å²) in [5.41, 5.74) is 0.949. The van der Waals surface area contributed by atoms with Gasteiger partial charge in [0.2, 0.25) is 21.8 Å². The summed E-state index contributed by atoms with van der Waals surface area (Å²) < 4.78 is 57.5. The van der Waals surface area contributed by atoms with Crippen LogP contribution in [-0.4, -0.2) is 50.3 Å². The lowest BCUT2D eigenvalue weighted by Crippen LogP contribution is -2.43. The molecule has 0 bridgehead atoms. The van der Waals surface area contributed by atoms with Crippen LogP contribution in [0.15, 0.2) is 68.8 Å². The fourth-order valence-corrected chi connectivity index (χ4v) is 6.38. The molecule has 1 unspecified atom stereocenters. The van der Waals surface area contributed by atoms with E-state index in [1.54, 1.807) is 42.5 Å². The number of sulfone groups is 1. The van der Waals surface area contributed by atoms with E-state index in [2.05, 4.69) is 15.5 Å². The van der Waals surface area contributed by atoms with Crippen molar-refractivity contribution >= 4 is 31.8 Å². The van der Waals surface area contributed by atoms with Gasteiger partial charge in [-0.15, -0.1) is 5.10 Å². The molecule has 0 radical (unpaired) electrons. The third-order valence-electron chi connectivity index (χ3n) is 5.53. The van der Waals surface area contributed by atoms with E-state index < -0.39 is 37.4 Å². The van der Waals surface area contributed by atoms with Crippen LogP contribution in [-0.2, 0) is 30.4 Å². The molecule has 34 heavy (non-hydrogen) atoms. The smallest absolute Gasteiger partial charge is 0.322 e. The monoisotopic (exact) mass is 504 g/mol. The van der Waals surface area contributed by atoms with Crippen LogP contribution in [0.25, 0.3) is 0 Å². The molecule has 10 nitrogen and oxygen atoms in total. The van der Waals surface area contributed by atoms with E-state index in [1.807, 2.05) is 6.92 Å². The Morgan fingerprint density at radius 1 is 1.03 bits per heavy atom. The molecule has 1 amide bonds. The number of nitrogens with zero attached hydrogens (tertiary/aromatic N) is 3. The molecule has 2 aromatic carbocycles. The van der Waals surface area contributed by atoms with Crippen LogP contribution < -0.4 is 5.32 Å². The summed E-state index contributed by atoms with van der Waals surface area (Å²) in [6, 6.07) is 14.2. The minimum atomic E-state index is -3.73. The average molecular weight is 505 g/mol. The zero-order valence-corrected chi connectivity index (χ0v) is 20.0. The molecule has 180 valence electrons. The number of hydrogen-bond acceptors (Lipinski definition) is 8. The predicted octanol–water partition coefficient (Wildman–Crippen LogP) is 2.39. The van der Waals surface area contributed by atoms with Gasteiger partial charge in [-0.25, -0.2) is 16.8 Å². The number of piperidine rings is 1. The van der Waals surface area contributed by atoms with Gasteiger partial charge in [0.05, 0.1) is 15.7 Å². The highest BCUT2D eigenvalue weighted by Gasteiger charge is 2.34. The van der Waals surface area contributed by atoms with Crippen molar-refractivity contribution in [1.82, 2.24) is 14.5 Å². The Labute approximate surface area is 198 Å². The average Bonchev–Trinajstić information content (AvgIpc) is 3.26. The zero-order valence-electron chi connectivity index (χ0n) is 18.4. The van der Waals surface area contributed by atoms with E-state index in [0.717, 1.165) is 5.56 Å². The number of carbonyl (C=O) groups is 1. The lowest BCUT2D eigenvalue weighted by atomic mass is 9.99. The van der Waals surface area contributed by atoms with Gasteiger partial charge in [0.15, 0.2) is 9.84 Å². The molecule has 12 heteroatoms. The first-order chi connectivity index (χ1) is 16.1. The Balaban J connectivity index is 1.40. The number of hydrogen-bond donors (Lipinski definition) is 1. The highest BCUT2D eigenvalue weighted by Crippen LogP contribution is 2.25. The van der Waals surface area contributed by atoms with E-state index >= 15 is 0 Å². The first-order valence-electron chi connectivity index (χ1n) is 10.6. The van der Waals surface area contributed by atoms with E-state index in [4.69, 9.17) is 4.42 Å². The van der Waals surface area contributed by atoms with Crippen molar-refractivity contribution in [2.45, 2.75) is 35.3 Å². The van der Waals surface area contributed by atoms with Gasteiger partial charge in [-0.3, -0.25) is 10.1 Å². The van der Waals surface area contributed by atoms with Crippen LogP contribution in [0.4, 0.5) is 6.01 Å². The molecule has 0 aliphatic carbocycles. The van der Waals surface area contributed by atoms with Gasteiger partial charge in [0.25, 0.3) is 0 Å². The number of benzene rings is 2. The number of aryl methyl sites for hydroxylation is 1. The number of amides is 1. The van der Waals surface area contributed by atoms with E-state index in [9.17, 15) is 21.6 Å². The van der Waals surface area contributed by atoms with Crippen LogP contribution in [0.1, 0.15) is 24.3 Å². The van der Waals surface area contributed by atoms with Crippen molar-refractivity contribution in [3.05, 3.63) is 66.1 Å². The van der Waals surface area contributed by atoms with Crippen LogP contribution in [0.2, 0.25) is 0 Å². The lowest BCUT2D eigenvalue weighted by Gasteiger charge is -2.30. The zero-order chi connectivity index (χ0) is 24.3. The molecule has 1 fully saturated rings. The van der Waals surface area contributed by atoms with Crippen molar-refractivity contribution in [2.24, 2.45) is 5.92 Å². The maximum atomic E-state index is 13.0. The standard InChI is InChI=1S/C22H24N4O6S2/c1-16-9-11-19(12-10-16)34(30,31)26-13-5-6-17(14-26)21(27)23-22-25-24-20(32-22)15-33(28,29)18-7-3-2-4-8-18/h2-4,7-12,17H,5-6,13-15H2,1H3,(H,23,25,27). The Hall–Kier alpha value is -3.09. The van der Waals surface area contributed by atoms with Crippen LogP contribution in [0, 0.1) is 12.8 Å². The molecule has 1 atom stereocenters. The number of aromatic nitrogens is 2. The Morgan fingerprint density at radius 2 is 1.74 bits per heavy atom. The molecule has 1 aliphatic heterocycles. The number of rotatable bonds is 7. The molecule has 1 saturated heterocycles. The minimum Gasteiger partial charge on any atom is -0.407 e. The van der Waals surface area contributed by atoms with Gasteiger partial charge in [-0.1, -0.05) is 41.0 Å². The third kappa shape index (κ3) is 5.34. The van der Waals surface area contributed by atoms with Gasteiger partial charge < -0.3 is 4.42 Å².